The first-order chi connectivity index (χ1) is 29.0. The first-order valence-corrected chi connectivity index (χ1v) is 20.6. The maximum Gasteiger partial charge on any atom is 0.242 e. The minimum Gasteiger partial charge on any atom is -0.486 e. The number of anilines is 1. The second kappa shape index (κ2) is 16.2. The van der Waals surface area contributed by atoms with Crippen molar-refractivity contribution in [3.05, 3.63) is 88.0 Å². The summed E-state index contributed by atoms with van der Waals surface area (Å²) < 4.78 is 26.4. The van der Waals surface area contributed by atoms with E-state index in [4.69, 9.17) is 24.7 Å². The third-order valence-corrected chi connectivity index (χ3v) is 12.8. The minimum atomic E-state index is -1.81. The van der Waals surface area contributed by atoms with E-state index in [0.717, 1.165) is 19.3 Å². The molecule has 6 aliphatic rings. The molecule has 0 aromatic heterocycles. The Labute approximate surface area is 345 Å². The second-order valence-corrected chi connectivity index (χ2v) is 16.4. The third-order valence-electron chi connectivity index (χ3n) is 12.8. The first-order valence-electron chi connectivity index (χ1n) is 20.6. The van der Waals surface area contributed by atoms with Gasteiger partial charge in [0.15, 0.2) is 23.1 Å². The van der Waals surface area contributed by atoms with Crippen LogP contribution in [0.25, 0.3) is 0 Å². The van der Waals surface area contributed by atoms with Gasteiger partial charge < -0.3 is 54.4 Å². The highest BCUT2D eigenvalue weighted by atomic mass is 16.7. The van der Waals surface area contributed by atoms with Crippen LogP contribution in [0.3, 0.4) is 0 Å². The molecule has 0 unspecified atom stereocenters. The summed E-state index contributed by atoms with van der Waals surface area (Å²) in [6, 6.07) is 14.8. The average molecular weight is 828 g/mol. The molecule has 17 nitrogen and oxygen atoms in total. The number of aliphatic hydroxyl groups excluding tert-OH is 4. The number of hydrogen-bond donors (Lipinski definition) is 8. The number of rotatable bonds is 7. The predicted octanol–water partition coefficient (Wildman–Crippen LogP) is 0.256. The Morgan fingerprint density at radius 2 is 1.67 bits per heavy atom. The quantitative estimate of drug-likeness (QED) is 0.116. The van der Waals surface area contributed by atoms with Gasteiger partial charge >= 0.3 is 0 Å². The van der Waals surface area contributed by atoms with Crippen LogP contribution in [-0.4, -0.2) is 125 Å². The number of ketones is 2. The maximum absolute atomic E-state index is 14.6. The van der Waals surface area contributed by atoms with E-state index in [-0.39, 0.29) is 65.8 Å². The number of fused-ring (bicyclic) bond motifs is 7. The zero-order chi connectivity index (χ0) is 41.9. The number of nitrogens with one attached hydrogen (secondary N) is 3. The smallest absolute Gasteiger partial charge is 0.242 e. The lowest BCUT2D eigenvalue weighted by molar-refractivity contribution is -0.314. The zero-order valence-corrected chi connectivity index (χ0v) is 32.7. The number of ether oxygens (including phenoxy) is 4. The Kier molecular flexibility index (Phi) is 11.0. The Balaban J connectivity index is 1.28. The number of hydrogen-bond acceptors (Lipinski definition) is 16. The van der Waals surface area contributed by atoms with Gasteiger partial charge in [0, 0.05) is 46.9 Å². The van der Waals surface area contributed by atoms with E-state index >= 15 is 0 Å². The molecule has 0 radical (unpaired) electrons. The number of aliphatic hydroxyl groups is 4. The van der Waals surface area contributed by atoms with Gasteiger partial charge in [-0.1, -0.05) is 61.7 Å². The summed E-state index contributed by atoms with van der Waals surface area (Å²) in [7, 11) is 0. The Morgan fingerprint density at radius 3 is 2.43 bits per heavy atom. The van der Waals surface area contributed by atoms with Gasteiger partial charge in [-0.3, -0.25) is 30.8 Å². The van der Waals surface area contributed by atoms with Gasteiger partial charge in [0.25, 0.3) is 0 Å². The fourth-order valence-corrected chi connectivity index (χ4v) is 9.87. The number of benzene rings is 3. The van der Waals surface area contributed by atoms with Crippen molar-refractivity contribution in [2.45, 2.75) is 112 Å². The molecule has 60 heavy (non-hydrogen) atoms. The van der Waals surface area contributed by atoms with E-state index in [1.54, 1.807) is 24.3 Å². The highest BCUT2D eigenvalue weighted by Crippen LogP contribution is 2.51. The maximum atomic E-state index is 14.6. The molecule has 4 aliphatic heterocycles. The number of para-hydroxylation sites is 1. The second-order valence-electron chi connectivity index (χ2n) is 16.4. The van der Waals surface area contributed by atoms with Gasteiger partial charge in [0.05, 0.1) is 23.9 Å². The standard InChI is InChI=1S/C43H49N5O12/c44-42-46-39-30(40(56)47-42)45-20-48(39)28-11-5-4-8-23(28)22-13-17-58-43(14-6-1-7-15-43)38-34(54)33(53)35(55)41(60-38)59-36-26(22)18-27-29(37(36)57-19-21(50)12-16-49)32(52)25-10-3-2-9-24(25)31(27)51/h2-5,8-11,16,18,21-22,30,33-35,38-39,41-42,45-46,50,53-55H,1,6-7,12-15,17,19-20,44H2,(H,47,56)/t21-,22-,30-,33-,34-,35+,38-,39-,41+,42+/m1/s1. The number of nitrogens with two attached hydrogens (primary N) is 1. The van der Waals surface area contributed by atoms with Crippen molar-refractivity contribution in [3.8, 4) is 11.5 Å². The van der Waals surface area contributed by atoms with Gasteiger partial charge in [-0.15, -0.1) is 0 Å². The molecule has 4 fully saturated rings. The number of aldehydes is 1. The van der Waals surface area contributed by atoms with Crippen molar-refractivity contribution < 1.29 is 58.6 Å². The summed E-state index contributed by atoms with van der Waals surface area (Å²) in [5.41, 5.74) is 6.98. The van der Waals surface area contributed by atoms with Crippen LogP contribution < -0.4 is 36.1 Å². The molecule has 4 heterocycles. The first kappa shape index (κ1) is 40.6. The van der Waals surface area contributed by atoms with Gasteiger partial charge in [0.1, 0.15) is 55.8 Å². The highest BCUT2D eigenvalue weighted by molar-refractivity contribution is 6.29. The number of carbonyl (C=O) groups excluding carboxylic acids is 4. The van der Waals surface area contributed by atoms with Crippen molar-refractivity contribution in [2.75, 3.05) is 24.8 Å². The van der Waals surface area contributed by atoms with Crippen molar-refractivity contribution in [2.24, 2.45) is 5.73 Å². The monoisotopic (exact) mass is 827 g/mol. The molecule has 2 bridgehead atoms. The van der Waals surface area contributed by atoms with Gasteiger partial charge in [-0.2, -0.15) is 0 Å². The molecule has 2 aliphatic carbocycles. The molecule has 3 aromatic rings. The van der Waals surface area contributed by atoms with E-state index in [2.05, 4.69) is 16.0 Å². The van der Waals surface area contributed by atoms with Crippen LogP contribution in [0.2, 0.25) is 0 Å². The van der Waals surface area contributed by atoms with E-state index < -0.39 is 85.0 Å². The Hall–Kier alpha value is -4.82. The van der Waals surface area contributed by atoms with Gasteiger partial charge in [-0.05, 0) is 37.0 Å². The molecular weight excluding hydrogens is 778 g/mol. The summed E-state index contributed by atoms with van der Waals surface area (Å²) in [4.78, 5) is 55.6. The van der Waals surface area contributed by atoms with Crippen molar-refractivity contribution in [3.63, 3.8) is 0 Å². The van der Waals surface area contributed by atoms with E-state index in [9.17, 15) is 39.6 Å². The summed E-state index contributed by atoms with van der Waals surface area (Å²) in [6.07, 6.45) is -6.66. The number of nitrogens with zero attached hydrogens (tertiary/aromatic N) is 1. The molecular formula is C43H49N5O12. The Morgan fingerprint density at radius 1 is 0.933 bits per heavy atom. The number of carbonyl (C=O) groups is 4. The topological polar surface area (TPSA) is 251 Å². The van der Waals surface area contributed by atoms with Crippen LogP contribution in [0.5, 0.6) is 11.5 Å². The minimum absolute atomic E-state index is 0.000823. The lowest BCUT2D eigenvalue weighted by Crippen LogP contribution is -2.70. The lowest BCUT2D eigenvalue weighted by atomic mass is 9.76. The van der Waals surface area contributed by atoms with Crippen molar-refractivity contribution in [1.82, 2.24) is 16.0 Å². The van der Waals surface area contributed by atoms with Crippen LogP contribution in [0.4, 0.5) is 5.69 Å². The summed E-state index contributed by atoms with van der Waals surface area (Å²) in [5.74, 6) is -2.37. The molecule has 3 saturated heterocycles. The molecule has 9 rings (SSSR count). The van der Waals surface area contributed by atoms with Crippen molar-refractivity contribution in [1.29, 1.82) is 0 Å². The molecule has 3 aromatic carbocycles. The van der Waals surface area contributed by atoms with E-state index in [0.29, 0.717) is 35.9 Å². The van der Waals surface area contributed by atoms with Crippen LogP contribution >= 0.6 is 0 Å². The summed E-state index contributed by atoms with van der Waals surface area (Å²) in [5, 5.41) is 54.5. The average Bonchev–Trinajstić information content (AvgIpc) is 3.67. The zero-order valence-electron chi connectivity index (χ0n) is 32.7. The van der Waals surface area contributed by atoms with E-state index in [1.165, 1.54) is 6.07 Å². The van der Waals surface area contributed by atoms with Crippen LogP contribution in [-0.2, 0) is 19.1 Å². The molecule has 1 saturated carbocycles. The fourth-order valence-electron chi connectivity index (χ4n) is 9.87. The highest BCUT2D eigenvalue weighted by Gasteiger charge is 2.56. The SMILES string of the molecule is N[C@@H]1NC(=O)[C@@H]2NCN(c3ccccc3[C@H]3CCOC4(CCCCC4)[C@@H]4O[C@H](Oc5c3cc3c(c5OC[C@H](O)CC=O)C(=O)c5ccccc5C3=O)[C@@H](O)[C@H](O)[C@H]4O)[C@H]2N1. The van der Waals surface area contributed by atoms with Gasteiger partial charge in [-0.25, -0.2) is 0 Å². The third kappa shape index (κ3) is 6.87. The number of amides is 1. The fraction of sp³-hybridized carbons (Fsp3) is 0.488. The van der Waals surface area contributed by atoms with Crippen LogP contribution in [0, 0.1) is 0 Å². The summed E-state index contributed by atoms with van der Waals surface area (Å²) >= 11 is 0. The largest absolute Gasteiger partial charge is 0.486 e. The molecule has 318 valence electrons. The predicted molar refractivity (Wildman–Crippen MR) is 211 cm³/mol. The van der Waals surface area contributed by atoms with Crippen molar-refractivity contribution >= 4 is 29.4 Å². The van der Waals surface area contributed by atoms with E-state index in [1.807, 2.05) is 29.2 Å². The van der Waals surface area contributed by atoms with Crippen LogP contribution in [0.15, 0.2) is 54.6 Å². The Bertz CT molecular complexity index is 2180. The lowest BCUT2D eigenvalue weighted by Gasteiger charge is -2.50. The molecule has 9 N–H and O–H groups in total. The van der Waals surface area contributed by atoms with Gasteiger partial charge in [0.2, 0.25) is 12.2 Å². The molecule has 17 heteroatoms. The summed E-state index contributed by atoms with van der Waals surface area (Å²) in [6.45, 7) is -0.146. The molecule has 1 amide bonds. The normalized spacial score (nSPS) is 31.4. The molecule has 10 atom stereocenters. The van der Waals surface area contributed by atoms with Crippen LogP contribution in [0.1, 0.15) is 93.8 Å². The molecule has 1 spiro atoms.